The van der Waals surface area contributed by atoms with Crippen LogP contribution in [-0.2, 0) is 14.8 Å². The highest BCUT2D eigenvalue weighted by Gasteiger charge is 2.16. The molecular weight excluding hydrogens is 300 g/mol. The fraction of sp³-hybridized carbons (Fsp3) is 0.417. The summed E-state index contributed by atoms with van der Waals surface area (Å²) in [7, 11) is -3.53. The van der Waals surface area contributed by atoms with Crippen LogP contribution in [0.5, 0.6) is 0 Å². The molecule has 0 aromatic carbocycles. The first kappa shape index (κ1) is 16.8. The Hall–Kier alpha value is -1.22. The highest BCUT2D eigenvalue weighted by atomic mass is 32.2. The van der Waals surface area contributed by atoms with Crippen LogP contribution in [0.4, 0.5) is 0 Å². The maximum atomic E-state index is 11.8. The van der Waals surface area contributed by atoms with Gasteiger partial charge in [-0.3, -0.25) is 4.79 Å². The maximum Gasteiger partial charge on any atom is 0.250 e. The number of nitrogens with one attached hydrogen (secondary N) is 1. The molecule has 0 fully saturated rings. The lowest BCUT2D eigenvalue weighted by Gasteiger charge is -2.19. The fourth-order valence-corrected chi connectivity index (χ4v) is 3.60. The Balaban J connectivity index is 2.47. The number of rotatable bonds is 9. The molecule has 0 unspecified atom stereocenters. The van der Waals surface area contributed by atoms with E-state index >= 15 is 0 Å². The lowest BCUT2D eigenvalue weighted by atomic mass is 10.3. The summed E-state index contributed by atoms with van der Waals surface area (Å²) in [4.78, 5) is 13.3. The van der Waals surface area contributed by atoms with Gasteiger partial charge < -0.3 is 10.0 Å². The Morgan fingerprint density at radius 1 is 1.55 bits per heavy atom. The van der Waals surface area contributed by atoms with E-state index in [1.54, 1.807) is 17.5 Å². The number of hydrogen-bond donors (Lipinski definition) is 2. The van der Waals surface area contributed by atoms with Crippen molar-refractivity contribution in [3.05, 3.63) is 30.2 Å². The van der Waals surface area contributed by atoms with Gasteiger partial charge in [-0.15, -0.1) is 17.9 Å². The third-order valence-electron chi connectivity index (χ3n) is 2.46. The Bertz CT molecular complexity index is 526. The lowest BCUT2D eigenvalue weighted by molar-refractivity contribution is -0.131. The van der Waals surface area contributed by atoms with Gasteiger partial charge in [0.15, 0.2) is 0 Å². The van der Waals surface area contributed by atoms with Crippen LogP contribution in [0.3, 0.4) is 0 Å². The van der Waals surface area contributed by atoms with Crippen molar-refractivity contribution in [2.75, 3.05) is 26.2 Å². The number of aliphatic hydroxyl groups excluding tert-OH is 1. The zero-order valence-electron chi connectivity index (χ0n) is 11.0. The number of amides is 1. The molecule has 0 aliphatic heterocycles. The van der Waals surface area contributed by atoms with Crippen molar-refractivity contribution >= 4 is 27.3 Å². The van der Waals surface area contributed by atoms with Crippen LogP contribution in [0.1, 0.15) is 6.42 Å². The predicted octanol–water partition coefficient (Wildman–Crippen LogP) is 0.423. The third kappa shape index (κ3) is 5.04. The Morgan fingerprint density at radius 2 is 2.30 bits per heavy atom. The molecule has 0 atom stereocenters. The first-order chi connectivity index (χ1) is 9.51. The lowest BCUT2D eigenvalue weighted by Crippen LogP contribution is -2.36. The van der Waals surface area contributed by atoms with E-state index in [-0.39, 0.29) is 36.2 Å². The normalized spacial score (nSPS) is 11.2. The molecule has 1 amide bonds. The van der Waals surface area contributed by atoms with Gasteiger partial charge in [0.2, 0.25) is 15.9 Å². The molecule has 1 aromatic rings. The van der Waals surface area contributed by atoms with E-state index in [0.29, 0.717) is 6.54 Å². The molecule has 0 bridgehead atoms. The van der Waals surface area contributed by atoms with E-state index in [9.17, 15) is 13.2 Å². The van der Waals surface area contributed by atoms with E-state index in [0.717, 1.165) is 11.3 Å². The summed E-state index contributed by atoms with van der Waals surface area (Å²) in [6.45, 7) is 3.96. The molecular formula is C12H18N2O4S2. The number of carbonyl (C=O) groups is 1. The van der Waals surface area contributed by atoms with Crippen molar-refractivity contribution in [3.63, 3.8) is 0 Å². The van der Waals surface area contributed by atoms with E-state index in [2.05, 4.69) is 11.3 Å². The van der Waals surface area contributed by atoms with Crippen molar-refractivity contribution < 1.29 is 18.3 Å². The monoisotopic (exact) mass is 318 g/mol. The van der Waals surface area contributed by atoms with Gasteiger partial charge in [0.25, 0.3) is 0 Å². The van der Waals surface area contributed by atoms with Crippen LogP contribution in [0, 0.1) is 0 Å². The summed E-state index contributed by atoms with van der Waals surface area (Å²) >= 11 is 1.12. The SMILES string of the molecule is C=CCN(CCO)C(=O)CCNS(=O)(=O)c1cccs1. The van der Waals surface area contributed by atoms with E-state index in [1.807, 2.05) is 0 Å². The van der Waals surface area contributed by atoms with E-state index < -0.39 is 10.0 Å². The summed E-state index contributed by atoms with van der Waals surface area (Å²) in [6, 6.07) is 3.15. The van der Waals surface area contributed by atoms with Crippen molar-refractivity contribution in [1.29, 1.82) is 0 Å². The quantitative estimate of drug-likeness (QED) is 0.646. The van der Waals surface area contributed by atoms with Crippen molar-refractivity contribution in [3.8, 4) is 0 Å². The number of aliphatic hydroxyl groups is 1. The molecule has 0 saturated heterocycles. The smallest absolute Gasteiger partial charge is 0.250 e. The van der Waals surface area contributed by atoms with Gasteiger partial charge in [0.1, 0.15) is 4.21 Å². The Kier molecular flexibility index (Phi) is 6.86. The van der Waals surface area contributed by atoms with Gasteiger partial charge in [-0.25, -0.2) is 13.1 Å². The number of nitrogens with zero attached hydrogens (tertiary/aromatic N) is 1. The van der Waals surface area contributed by atoms with Crippen molar-refractivity contribution in [2.24, 2.45) is 0 Å². The number of thiophene rings is 1. The van der Waals surface area contributed by atoms with Gasteiger partial charge in [-0.05, 0) is 11.4 Å². The molecule has 1 rings (SSSR count). The molecule has 2 N–H and O–H groups in total. The van der Waals surface area contributed by atoms with Gasteiger partial charge >= 0.3 is 0 Å². The molecule has 112 valence electrons. The largest absolute Gasteiger partial charge is 0.395 e. The molecule has 6 nitrogen and oxygen atoms in total. The van der Waals surface area contributed by atoms with Crippen molar-refractivity contribution in [2.45, 2.75) is 10.6 Å². The highest BCUT2D eigenvalue weighted by molar-refractivity contribution is 7.91. The van der Waals surface area contributed by atoms with Gasteiger partial charge in [-0.1, -0.05) is 12.1 Å². The molecule has 20 heavy (non-hydrogen) atoms. The van der Waals surface area contributed by atoms with Crippen LogP contribution in [0.25, 0.3) is 0 Å². The summed E-state index contributed by atoms with van der Waals surface area (Å²) < 4.78 is 26.2. The summed E-state index contributed by atoms with van der Waals surface area (Å²) in [6.07, 6.45) is 1.60. The number of carbonyl (C=O) groups excluding carboxylic acids is 1. The minimum Gasteiger partial charge on any atom is -0.395 e. The second-order valence-corrected chi connectivity index (χ2v) is 6.87. The van der Waals surface area contributed by atoms with E-state index in [4.69, 9.17) is 5.11 Å². The zero-order valence-corrected chi connectivity index (χ0v) is 12.6. The summed E-state index contributed by atoms with van der Waals surface area (Å²) in [5.74, 6) is -0.229. The molecule has 8 heteroatoms. The van der Waals surface area contributed by atoms with Crippen LogP contribution in [0.2, 0.25) is 0 Å². The van der Waals surface area contributed by atoms with Crippen LogP contribution < -0.4 is 4.72 Å². The van der Waals surface area contributed by atoms with Crippen molar-refractivity contribution in [1.82, 2.24) is 9.62 Å². The molecule has 0 aliphatic carbocycles. The molecule has 1 aromatic heterocycles. The van der Waals surface area contributed by atoms with Crippen LogP contribution in [-0.4, -0.2) is 50.6 Å². The fourth-order valence-electron chi connectivity index (χ4n) is 1.53. The number of sulfonamides is 1. The second kappa shape index (κ2) is 8.15. The topological polar surface area (TPSA) is 86.7 Å². The minimum absolute atomic E-state index is 0.0259. The molecule has 1 heterocycles. The van der Waals surface area contributed by atoms with Gasteiger partial charge in [0, 0.05) is 26.1 Å². The highest BCUT2D eigenvalue weighted by Crippen LogP contribution is 2.15. The summed E-state index contributed by atoms with van der Waals surface area (Å²) in [5, 5.41) is 10.5. The maximum absolute atomic E-state index is 11.8. The minimum atomic E-state index is -3.53. The molecule has 0 radical (unpaired) electrons. The summed E-state index contributed by atoms with van der Waals surface area (Å²) in [5.41, 5.74) is 0. The standard InChI is InChI=1S/C12H18N2O4S2/c1-2-7-14(8-9-15)11(16)5-6-13-20(17,18)12-4-3-10-19-12/h2-4,10,13,15H,1,5-9H2. The zero-order chi connectivity index (χ0) is 15.0. The first-order valence-corrected chi connectivity index (χ1v) is 8.40. The average molecular weight is 318 g/mol. The van der Waals surface area contributed by atoms with Crippen LogP contribution >= 0.6 is 11.3 Å². The van der Waals surface area contributed by atoms with Gasteiger partial charge in [0.05, 0.1) is 6.61 Å². The Morgan fingerprint density at radius 3 is 2.85 bits per heavy atom. The average Bonchev–Trinajstić information content (AvgIpc) is 2.92. The second-order valence-electron chi connectivity index (χ2n) is 3.93. The predicted molar refractivity (Wildman–Crippen MR) is 78.0 cm³/mol. The first-order valence-electron chi connectivity index (χ1n) is 6.04. The molecule has 0 spiro atoms. The molecule has 0 saturated carbocycles. The third-order valence-corrected chi connectivity index (χ3v) is 5.32. The molecule has 0 aliphatic rings. The Labute approximate surface area is 122 Å². The number of hydrogen-bond acceptors (Lipinski definition) is 5. The van der Waals surface area contributed by atoms with Crippen LogP contribution in [0.15, 0.2) is 34.4 Å². The van der Waals surface area contributed by atoms with Gasteiger partial charge in [-0.2, -0.15) is 0 Å². The van der Waals surface area contributed by atoms with E-state index in [1.165, 1.54) is 11.0 Å².